The van der Waals surface area contributed by atoms with Crippen molar-refractivity contribution in [1.29, 1.82) is 0 Å². The van der Waals surface area contributed by atoms with Crippen molar-refractivity contribution < 1.29 is 9.52 Å². The minimum absolute atomic E-state index is 0.510. The second-order valence-electron chi connectivity index (χ2n) is 3.46. The number of thioether (sulfide) groups is 1. The molecule has 1 atom stereocenters. The molecule has 0 aliphatic rings. The van der Waals surface area contributed by atoms with E-state index < -0.39 is 6.10 Å². The van der Waals surface area contributed by atoms with Gasteiger partial charge in [0.25, 0.3) is 0 Å². The van der Waals surface area contributed by atoms with E-state index in [-0.39, 0.29) is 0 Å². The number of hydrogen-bond acceptors (Lipinski definition) is 4. The van der Waals surface area contributed by atoms with Crippen LogP contribution in [0.25, 0.3) is 0 Å². The summed E-state index contributed by atoms with van der Waals surface area (Å²) >= 11 is 1.66. The molecule has 0 amide bonds. The molecule has 0 bridgehead atoms. The predicted octanol–water partition coefficient (Wildman–Crippen LogP) is 3.02. The van der Waals surface area contributed by atoms with Crippen molar-refractivity contribution in [3.63, 3.8) is 0 Å². The van der Waals surface area contributed by atoms with Gasteiger partial charge in [-0.2, -0.15) is 0 Å². The number of pyridine rings is 1. The van der Waals surface area contributed by atoms with Crippen LogP contribution in [0.5, 0.6) is 0 Å². The normalized spacial score (nSPS) is 12.6. The summed E-state index contributed by atoms with van der Waals surface area (Å²) in [6.45, 7) is 1.71. The highest BCUT2D eigenvalue weighted by Gasteiger charge is 2.03. The van der Waals surface area contributed by atoms with Gasteiger partial charge in [0.05, 0.1) is 23.8 Å². The lowest BCUT2D eigenvalue weighted by atomic mass is 10.2. The molecule has 2 rings (SSSR count). The molecule has 0 spiro atoms. The Hall–Kier alpha value is -1.26. The van der Waals surface area contributed by atoms with Crippen LogP contribution in [0.15, 0.2) is 46.0 Å². The molecule has 0 fully saturated rings. The molecule has 84 valence electrons. The van der Waals surface area contributed by atoms with Crippen LogP contribution in [0, 0.1) is 0 Å². The maximum absolute atomic E-state index is 9.31. The number of furan rings is 1. The van der Waals surface area contributed by atoms with Crippen molar-refractivity contribution >= 4 is 11.8 Å². The predicted molar refractivity (Wildman–Crippen MR) is 63.1 cm³/mol. The Morgan fingerprint density at radius 3 is 2.88 bits per heavy atom. The van der Waals surface area contributed by atoms with Crippen LogP contribution in [0.4, 0.5) is 0 Å². The molecular formula is C12H13NO2S. The van der Waals surface area contributed by atoms with Gasteiger partial charge in [-0.3, -0.25) is 4.98 Å². The van der Waals surface area contributed by atoms with Gasteiger partial charge in [0.2, 0.25) is 0 Å². The highest BCUT2D eigenvalue weighted by atomic mass is 32.2. The van der Waals surface area contributed by atoms with Crippen molar-refractivity contribution in [3.8, 4) is 0 Å². The third-order valence-corrected chi connectivity index (χ3v) is 3.15. The Morgan fingerprint density at radius 1 is 1.44 bits per heavy atom. The molecule has 2 aromatic rings. The summed E-state index contributed by atoms with van der Waals surface area (Å²) in [5, 5.41) is 9.31. The second kappa shape index (κ2) is 5.18. The van der Waals surface area contributed by atoms with Crippen LogP contribution < -0.4 is 0 Å². The molecule has 0 aliphatic carbocycles. The van der Waals surface area contributed by atoms with E-state index in [1.54, 1.807) is 31.1 Å². The summed E-state index contributed by atoms with van der Waals surface area (Å²) in [5.74, 6) is 1.74. The first-order valence-electron chi connectivity index (χ1n) is 5.05. The fourth-order valence-electron chi connectivity index (χ4n) is 1.27. The first-order chi connectivity index (χ1) is 7.75. The molecule has 0 aromatic carbocycles. The number of aromatic nitrogens is 1. The maximum atomic E-state index is 9.31. The van der Waals surface area contributed by atoms with Crippen molar-refractivity contribution in [3.05, 3.63) is 48.2 Å². The number of hydrogen-bond donors (Lipinski definition) is 1. The topological polar surface area (TPSA) is 46.3 Å². The fraction of sp³-hybridized carbons (Fsp3) is 0.250. The van der Waals surface area contributed by atoms with Crippen molar-refractivity contribution in [2.75, 3.05) is 0 Å². The lowest BCUT2D eigenvalue weighted by Crippen LogP contribution is -1.94. The van der Waals surface area contributed by atoms with E-state index in [1.165, 1.54) is 0 Å². The van der Waals surface area contributed by atoms with Gasteiger partial charge in [-0.05, 0) is 31.2 Å². The van der Waals surface area contributed by atoms with Crippen LogP contribution in [0.1, 0.15) is 24.5 Å². The molecule has 0 saturated carbocycles. The Kier molecular flexibility index (Phi) is 3.64. The van der Waals surface area contributed by atoms with Gasteiger partial charge in [0.15, 0.2) is 0 Å². The van der Waals surface area contributed by atoms with Crippen LogP contribution in [0.2, 0.25) is 0 Å². The first kappa shape index (κ1) is 11.2. The van der Waals surface area contributed by atoms with E-state index in [9.17, 15) is 5.11 Å². The largest absolute Gasteiger partial charge is 0.468 e. The number of aliphatic hydroxyl groups is 1. The molecule has 3 nitrogen and oxygen atoms in total. The van der Waals surface area contributed by atoms with Gasteiger partial charge in [-0.1, -0.05) is 0 Å². The molecule has 0 unspecified atom stereocenters. The van der Waals surface area contributed by atoms with Crippen LogP contribution in [-0.4, -0.2) is 10.1 Å². The first-order valence-corrected chi connectivity index (χ1v) is 6.03. The van der Waals surface area contributed by atoms with E-state index >= 15 is 0 Å². The lowest BCUT2D eigenvalue weighted by Gasteiger charge is -2.04. The second-order valence-corrected chi connectivity index (χ2v) is 4.51. The van der Waals surface area contributed by atoms with Crippen molar-refractivity contribution in [1.82, 2.24) is 4.98 Å². The third kappa shape index (κ3) is 2.87. The van der Waals surface area contributed by atoms with E-state index in [4.69, 9.17) is 4.42 Å². The molecular weight excluding hydrogens is 222 g/mol. The van der Waals surface area contributed by atoms with Gasteiger partial charge in [0, 0.05) is 11.1 Å². The molecule has 4 heteroatoms. The standard InChI is InChI=1S/C12H13NO2S/c1-9(14)12-5-4-11(7-13-12)16-8-10-3-2-6-15-10/h2-7,9,14H,8H2,1H3/t9-/m1/s1. The molecule has 0 aliphatic heterocycles. The summed E-state index contributed by atoms with van der Waals surface area (Å²) in [4.78, 5) is 5.25. The summed E-state index contributed by atoms with van der Waals surface area (Å²) in [6, 6.07) is 7.63. The van der Waals surface area contributed by atoms with Gasteiger partial charge in [-0.25, -0.2) is 0 Å². The molecule has 2 aromatic heterocycles. The fourth-order valence-corrected chi connectivity index (χ4v) is 2.04. The maximum Gasteiger partial charge on any atom is 0.113 e. The van der Waals surface area contributed by atoms with Crippen LogP contribution in [-0.2, 0) is 5.75 Å². The third-order valence-electron chi connectivity index (χ3n) is 2.15. The molecule has 2 heterocycles. The van der Waals surface area contributed by atoms with E-state index in [2.05, 4.69) is 4.98 Å². The van der Waals surface area contributed by atoms with Gasteiger partial charge < -0.3 is 9.52 Å². The summed E-state index contributed by atoms with van der Waals surface area (Å²) < 4.78 is 5.24. The Morgan fingerprint density at radius 2 is 2.31 bits per heavy atom. The van der Waals surface area contributed by atoms with Crippen molar-refractivity contribution in [2.24, 2.45) is 0 Å². The Balaban J connectivity index is 1.95. The quantitative estimate of drug-likeness (QED) is 0.827. The number of aliphatic hydroxyl groups excluding tert-OH is 1. The smallest absolute Gasteiger partial charge is 0.113 e. The van der Waals surface area contributed by atoms with Crippen LogP contribution in [0.3, 0.4) is 0 Å². The van der Waals surface area contributed by atoms with E-state index in [1.807, 2.05) is 24.3 Å². The Labute approximate surface area is 98.5 Å². The molecule has 0 saturated heterocycles. The summed E-state index contributed by atoms with van der Waals surface area (Å²) in [7, 11) is 0. The van der Waals surface area contributed by atoms with Crippen LogP contribution >= 0.6 is 11.8 Å². The summed E-state index contributed by atoms with van der Waals surface area (Å²) in [5.41, 5.74) is 0.697. The van der Waals surface area contributed by atoms with Crippen molar-refractivity contribution in [2.45, 2.75) is 23.7 Å². The highest BCUT2D eigenvalue weighted by Crippen LogP contribution is 2.23. The van der Waals surface area contributed by atoms with E-state index in [0.29, 0.717) is 5.69 Å². The minimum Gasteiger partial charge on any atom is -0.468 e. The zero-order chi connectivity index (χ0) is 11.4. The van der Waals surface area contributed by atoms with Gasteiger partial charge in [-0.15, -0.1) is 11.8 Å². The zero-order valence-electron chi connectivity index (χ0n) is 8.96. The number of nitrogens with zero attached hydrogens (tertiary/aromatic N) is 1. The average molecular weight is 235 g/mol. The molecule has 16 heavy (non-hydrogen) atoms. The monoisotopic (exact) mass is 235 g/mol. The highest BCUT2D eigenvalue weighted by molar-refractivity contribution is 7.98. The lowest BCUT2D eigenvalue weighted by molar-refractivity contribution is 0.194. The SMILES string of the molecule is C[C@@H](O)c1ccc(SCc2ccco2)cn1. The number of rotatable bonds is 4. The van der Waals surface area contributed by atoms with Gasteiger partial charge >= 0.3 is 0 Å². The molecule has 1 N–H and O–H groups in total. The summed E-state index contributed by atoms with van der Waals surface area (Å²) in [6.07, 6.45) is 2.93. The molecule has 0 radical (unpaired) electrons. The minimum atomic E-state index is -0.510. The van der Waals surface area contributed by atoms with E-state index in [0.717, 1.165) is 16.4 Å². The Bertz CT molecular complexity index is 423. The van der Waals surface area contributed by atoms with Gasteiger partial charge in [0.1, 0.15) is 5.76 Å². The zero-order valence-corrected chi connectivity index (χ0v) is 9.78. The average Bonchev–Trinajstić information content (AvgIpc) is 2.80.